The van der Waals surface area contributed by atoms with Crippen molar-refractivity contribution in [3.8, 4) is 6.01 Å². The summed E-state index contributed by atoms with van der Waals surface area (Å²) in [5.74, 6) is 0. The average Bonchev–Trinajstić information content (AvgIpc) is 2.07. The van der Waals surface area contributed by atoms with Gasteiger partial charge in [0.2, 0.25) is 0 Å². The van der Waals surface area contributed by atoms with Crippen LogP contribution in [-0.2, 0) is 0 Å². The maximum absolute atomic E-state index is 8.02. The molecule has 0 amide bonds. The minimum Gasteiger partial charge on any atom is -0.467 e. The van der Waals surface area contributed by atoms with E-state index in [9.17, 15) is 0 Å². The van der Waals surface area contributed by atoms with E-state index in [0.29, 0.717) is 5.69 Å². The molecule has 0 unspecified atom stereocenters. The number of rotatable bonds is 2. The molecule has 0 saturated heterocycles. The summed E-state index contributed by atoms with van der Waals surface area (Å²) in [5.41, 5.74) is 8.39. The van der Waals surface area contributed by atoms with E-state index in [1.807, 2.05) is 0 Å². The van der Waals surface area contributed by atoms with Crippen LogP contribution in [0.15, 0.2) is 17.5 Å². The number of azide groups is 1. The monoisotopic (exact) mass is 151 g/mol. The Labute approximate surface area is 62.5 Å². The van der Waals surface area contributed by atoms with Gasteiger partial charge in [-0.05, 0) is 5.53 Å². The van der Waals surface area contributed by atoms with E-state index in [1.54, 1.807) is 0 Å². The Balaban J connectivity index is 2.91. The number of hydrogen-bond acceptors (Lipinski definition) is 4. The summed E-state index contributed by atoms with van der Waals surface area (Å²) >= 11 is 0. The van der Waals surface area contributed by atoms with Crippen LogP contribution in [0.4, 0.5) is 5.69 Å². The maximum Gasteiger partial charge on any atom is 0.316 e. The van der Waals surface area contributed by atoms with Crippen molar-refractivity contribution in [3.05, 3.63) is 22.8 Å². The van der Waals surface area contributed by atoms with Gasteiger partial charge in [-0.3, -0.25) is 0 Å². The maximum atomic E-state index is 8.02. The molecule has 11 heavy (non-hydrogen) atoms. The standard InChI is InChI=1S/C5H5N5O/c1-11-5-7-2-4(3-8-5)9-10-6/h2-3H,1H3. The predicted molar refractivity (Wildman–Crippen MR) is 37.4 cm³/mol. The molecule has 1 aromatic rings. The highest BCUT2D eigenvalue weighted by atomic mass is 16.5. The Hall–Kier alpha value is -1.81. The van der Waals surface area contributed by atoms with Crippen molar-refractivity contribution in [2.75, 3.05) is 7.11 Å². The summed E-state index contributed by atoms with van der Waals surface area (Å²) in [6.45, 7) is 0. The highest BCUT2D eigenvalue weighted by Gasteiger charge is 1.92. The van der Waals surface area contributed by atoms with Gasteiger partial charge in [0.25, 0.3) is 0 Å². The molecule has 0 aliphatic rings. The van der Waals surface area contributed by atoms with Crippen molar-refractivity contribution in [1.82, 2.24) is 9.97 Å². The van der Waals surface area contributed by atoms with Gasteiger partial charge in [0, 0.05) is 17.3 Å². The second-order valence-electron chi connectivity index (χ2n) is 1.62. The van der Waals surface area contributed by atoms with Crippen LogP contribution in [0.25, 0.3) is 10.4 Å². The van der Waals surface area contributed by atoms with E-state index in [0.717, 1.165) is 0 Å². The van der Waals surface area contributed by atoms with E-state index in [2.05, 4.69) is 20.0 Å². The summed E-state index contributed by atoms with van der Waals surface area (Å²) in [5, 5.41) is 3.28. The Kier molecular flexibility index (Phi) is 2.24. The van der Waals surface area contributed by atoms with Crippen LogP contribution in [0.3, 0.4) is 0 Å². The van der Waals surface area contributed by atoms with E-state index in [4.69, 9.17) is 10.3 Å². The Morgan fingerprint density at radius 3 is 2.64 bits per heavy atom. The molecule has 1 rings (SSSR count). The van der Waals surface area contributed by atoms with Gasteiger partial charge in [-0.2, -0.15) is 0 Å². The molecule has 0 radical (unpaired) electrons. The molecule has 0 bridgehead atoms. The van der Waals surface area contributed by atoms with Crippen molar-refractivity contribution < 1.29 is 4.74 Å². The topological polar surface area (TPSA) is 83.8 Å². The third-order valence-corrected chi connectivity index (χ3v) is 0.957. The van der Waals surface area contributed by atoms with Gasteiger partial charge >= 0.3 is 6.01 Å². The van der Waals surface area contributed by atoms with Gasteiger partial charge < -0.3 is 4.74 Å². The van der Waals surface area contributed by atoms with Crippen molar-refractivity contribution in [1.29, 1.82) is 0 Å². The van der Waals surface area contributed by atoms with Crippen molar-refractivity contribution >= 4 is 5.69 Å². The fourth-order valence-electron chi connectivity index (χ4n) is 0.518. The second-order valence-corrected chi connectivity index (χ2v) is 1.62. The van der Waals surface area contributed by atoms with Crippen LogP contribution in [0.5, 0.6) is 6.01 Å². The lowest BCUT2D eigenvalue weighted by Crippen LogP contribution is -1.88. The van der Waals surface area contributed by atoms with Crippen LogP contribution in [0.1, 0.15) is 0 Å². The molecule has 1 aromatic heterocycles. The molecule has 0 N–H and O–H groups in total. The van der Waals surface area contributed by atoms with E-state index < -0.39 is 0 Å². The van der Waals surface area contributed by atoms with E-state index in [-0.39, 0.29) is 6.01 Å². The molecular weight excluding hydrogens is 146 g/mol. The van der Waals surface area contributed by atoms with Crippen molar-refractivity contribution in [3.63, 3.8) is 0 Å². The fourth-order valence-corrected chi connectivity index (χ4v) is 0.518. The first-order valence-electron chi connectivity index (χ1n) is 2.78. The zero-order valence-electron chi connectivity index (χ0n) is 5.80. The first-order valence-corrected chi connectivity index (χ1v) is 2.78. The van der Waals surface area contributed by atoms with E-state index >= 15 is 0 Å². The molecule has 0 saturated carbocycles. The van der Waals surface area contributed by atoms with Crippen LogP contribution in [0, 0.1) is 0 Å². The Bertz CT molecular complexity index is 275. The van der Waals surface area contributed by atoms with Crippen LogP contribution >= 0.6 is 0 Å². The third kappa shape index (κ3) is 1.80. The lowest BCUT2D eigenvalue weighted by molar-refractivity contribution is 0.380. The fraction of sp³-hybridized carbons (Fsp3) is 0.200. The number of hydrogen-bond donors (Lipinski definition) is 0. The SMILES string of the molecule is COc1ncc(N=[N+]=[N-])cn1. The molecule has 6 heteroatoms. The summed E-state index contributed by atoms with van der Waals surface area (Å²) in [6, 6.07) is 0.252. The first kappa shape index (κ1) is 7.30. The molecular formula is C5H5N5O. The Morgan fingerprint density at radius 2 is 2.18 bits per heavy atom. The highest BCUT2D eigenvalue weighted by Crippen LogP contribution is 2.09. The minimum absolute atomic E-state index is 0.252. The predicted octanol–water partition coefficient (Wildman–Crippen LogP) is 1.43. The summed E-state index contributed by atoms with van der Waals surface area (Å²) in [6.07, 6.45) is 2.76. The third-order valence-electron chi connectivity index (χ3n) is 0.957. The van der Waals surface area contributed by atoms with Gasteiger partial charge in [-0.25, -0.2) is 9.97 Å². The minimum atomic E-state index is 0.252. The largest absolute Gasteiger partial charge is 0.467 e. The molecule has 0 aromatic carbocycles. The van der Waals surface area contributed by atoms with E-state index in [1.165, 1.54) is 19.5 Å². The number of methoxy groups -OCH3 is 1. The molecule has 0 fully saturated rings. The summed E-state index contributed by atoms with van der Waals surface area (Å²) < 4.78 is 4.69. The van der Waals surface area contributed by atoms with Crippen LogP contribution in [-0.4, -0.2) is 17.1 Å². The quantitative estimate of drug-likeness (QED) is 0.364. The van der Waals surface area contributed by atoms with Crippen molar-refractivity contribution in [2.24, 2.45) is 5.11 Å². The molecule has 0 aliphatic carbocycles. The summed E-state index contributed by atoms with van der Waals surface area (Å²) in [4.78, 5) is 10.0. The number of ether oxygens (including phenoxy) is 1. The van der Waals surface area contributed by atoms with Crippen LogP contribution in [0.2, 0.25) is 0 Å². The van der Waals surface area contributed by atoms with Crippen LogP contribution < -0.4 is 4.74 Å². The lowest BCUT2D eigenvalue weighted by Gasteiger charge is -1.94. The number of aromatic nitrogens is 2. The lowest BCUT2D eigenvalue weighted by atomic mass is 10.6. The molecule has 0 aliphatic heterocycles. The highest BCUT2D eigenvalue weighted by molar-refractivity contribution is 5.29. The van der Waals surface area contributed by atoms with Gasteiger partial charge in [0.1, 0.15) is 0 Å². The van der Waals surface area contributed by atoms with Gasteiger partial charge in [0.05, 0.1) is 12.8 Å². The molecule has 0 spiro atoms. The molecule has 0 atom stereocenters. The van der Waals surface area contributed by atoms with Gasteiger partial charge in [0.15, 0.2) is 0 Å². The number of nitrogens with zero attached hydrogens (tertiary/aromatic N) is 5. The molecule has 56 valence electrons. The normalized spacial score (nSPS) is 8.45. The first-order chi connectivity index (χ1) is 5.36. The summed E-state index contributed by atoms with van der Waals surface area (Å²) in [7, 11) is 1.46. The second kappa shape index (κ2) is 3.38. The zero-order chi connectivity index (χ0) is 8.10. The molecule has 6 nitrogen and oxygen atoms in total. The van der Waals surface area contributed by atoms with Gasteiger partial charge in [-0.1, -0.05) is 5.11 Å². The molecule has 1 heterocycles. The Morgan fingerprint density at radius 1 is 1.55 bits per heavy atom. The smallest absolute Gasteiger partial charge is 0.316 e. The van der Waals surface area contributed by atoms with Crippen molar-refractivity contribution in [2.45, 2.75) is 0 Å². The van der Waals surface area contributed by atoms with Gasteiger partial charge in [-0.15, -0.1) is 0 Å². The average molecular weight is 151 g/mol. The zero-order valence-corrected chi connectivity index (χ0v) is 5.80.